The molecule has 0 aromatic carbocycles. The second kappa shape index (κ2) is 7.98. The molecule has 1 N–H and O–H groups in total. The van der Waals surface area contributed by atoms with E-state index in [9.17, 15) is 4.79 Å². The van der Waals surface area contributed by atoms with Gasteiger partial charge in [0.05, 0.1) is 6.61 Å². The number of aliphatic hydroxyl groups excluding tert-OH is 1. The molecular weight excluding hydrogens is 258 g/mol. The summed E-state index contributed by atoms with van der Waals surface area (Å²) in [7, 11) is 1.83. The van der Waals surface area contributed by atoms with Gasteiger partial charge in [0, 0.05) is 25.6 Å². The smallest absolute Gasteiger partial charge is 0.264 e. The van der Waals surface area contributed by atoms with Gasteiger partial charge in [-0.25, -0.2) is 0 Å². The van der Waals surface area contributed by atoms with Gasteiger partial charge in [0.15, 0.2) is 0 Å². The quantitative estimate of drug-likeness (QED) is 0.842. The first-order chi connectivity index (χ1) is 9.06. The Bertz CT molecular complexity index is 468. The number of carbonyl (C=O) groups excluding carboxylic acids is 1. The number of nitrogens with zero attached hydrogens (tertiary/aromatic N) is 1. The zero-order chi connectivity index (χ0) is 14.3. The third-order valence-corrected chi connectivity index (χ3v) is 3.61. The van der Waals surface area contributed by atoms with Crippen LogP contribution in [0.25, 0.3) is 0 Å². The van der Waals surface area contributed by atoms with Crippen molar-refractivity contribution in [1.82, 2.24) is 4.90 Å². The van der Waals surface area contributed by atoms with E-state index in [0.29, 0.717) is 17.2 Å². The minimum Gasteiger partial charge on any atom is -0.395 e. The van der Waals surface area contributed by atoms with E-state index in [2.05, 4.69) is 25.7 Å². The minimum absolute atomic E-state index is 0.0314. The second-order valence-electron chi connectivity index (χ2n) is 4.85. The van der Waals surface area contributed by atoms with Gasteiger partial charge in [-0.1, -0.05) is 25.7 Å². The van der Waals surface area contributed by atoms with Crippen LogP contribution in [0.1, 0.15) is 41.9 Å². The van der Waals surface area contributed by atoms with E-state index in [-0.39, 0.29) is 12.5 Å². The zero-order valence-electron chi connectivity index (χ0n) is 11.8. The highest BCUT2D eigenvalue weighted by Gasteiger charge is 2.16. The fraction of sp³-hybridized carbons (Fsp3) is 0.533. The molecule has 104 valence electrons. The lowest BCUT2D eigenvalue weighted by molar-refractivity contribution is 0.0793. The maximum Gasteiger partial charge on any atom is 0.264 e. The van der Waals surface area contributed by atoms with Crippen molar-refractivity contribution in [1.29, 1.82) is 0 Å². The Hall–Kier alpha value is -1.31. The SMILES string of the molecule is CC(C)CCN(C)C(=O)c1sccc1C#CCCO. The number of hydrogen-bond donors (Lipinski definition) is 1. The van der Waals surface area contributed by atoms with E-state index < -0.39 is 0 Å². The number of rotatable bonds is 5. The summed E-state index contributed by atoms with van der Waals surface area (Å²) in [5, 5.41) is 10.6. The summed E-state index contributed by atoms with van der Waals surface area (Å²) in [6.45, 7) is 5.11. The maximum absolute atomic E-state index is 12.3. The lowest BCUT2D eigenvalue weighted by Gasteiger charge is -2.17. The van der Waals surface area contributed by atoms with Gasteiger partial charge in [-0.2, -0.15) is 0 Å². The van der Waals surface area contributed by atoms with Gasteiger partial charge in [-0.3, -0.25) is 4.79 Å². The van der Waals surface area contributed by atoms with E-state index in [4.69, 9.17) is 5.11 Å². The van der Waals surface area contributed by atoms with Crippen LogP contribution in [-0.2, 0) is 0 Å². The molecule has 0 aliphatic rings. The van der Waals surface area contributed by atoms with E-state index in [1.165, 1.54) is 11.3 Å². The summed E-state index contributed by atoms with van der Waals surface area (Å²) in [4.78, 5) is 14.7. The third kappa shape index (κ3) is 5.06. The molecule has 1 aromatic heterocycles. The van der Waals surface area contributed by atoms with Crippen molar-refractivity contribution in [3.8, 4) is 11.8 Å². The van der Waals surface area contributed by atoms with Crippen molar-refractivity contribution in [2.75, 3.05) is 20.2 Å². The van der Waals surface area contributed by atoms with Crippen molar-refractivity contribution >= 4 is 17.2 Å². The van der Waals surface area contributed by atoms with Gasteiger partial charge in [-0.15, -0.1) is 11.3 Å². The summed E-state index contributed by atoms with van der Waals surface area (Å²) < 4.78 is 0. The van der Waals surface area contributed by atoms with Gasteiger partial charge in [0.2, 0.25) is 0 Å². The standard InChI is InChI=1S/C15H21NO2S/c1-12(2)7-9-16(3)15(18)14-13(8-11-19-14)6-4-5-10-17/h8,11-12,17H,5,7,9-10H2,1-3H3. The van der Waals surface area contributed by atoms with Crippen LogP contribution in [0.3, 0.4) is 0 Å². The average molecular weight is 279 g/mol. The first-order valence-electron chi connectivity index (χ1n) is 6.49. The first kappa shape index (κ1) is 15.7. The van der Waals surface area contributed by atoms with Crippen molar-refractivity contribution in [3.05, 3.63) is 21.9 Å². The summed E-state index contributed by atoms with van der Waals surface area (Å²) >= 11 is 1.42. The molecular formula is C15H21NO2S. The van der Waals surface area contributed by atoms with Gasteiger partial charge in [0.1, 0.15) is 4.88 Å². The minimum atomic E-state index is 0.0314. The fourth-order valence-corrected chi connectivity index (χ4v) is 2.36. The van der Waals surface area contributed by atoms with Crippen molar-refractivity contribution in [2.45, 2.75) is 26.7 Å². The predicted octanol–water partition coefficient (Wildman–Crippen LogP) is 2.60. The van der Waals surface area contributed by atoms with Crippen LogP contribution in [-0.4, -0.2) is 36.1 Å². The van der Waals surface area contributed by atoms with Crippen LogP contribution < -0.4 is 0 Å². The Kier molecular flexibility index (Phi) is 6.61. The molecule has 1 rings (SSSR count). The normalized spacial score (nSPS) is 10.2. The molecule has 4 heteroatoms. The highest BCUT2D eigenvalue weighted by atomic mass is 32.1. The Morgan fingerprint density at radius 2 is 2.26 bits per heavy atom. The van der Waals surface area contributed by atoms with Crippen LogP contribution in [0.15, 0.2) is 11.4 Å². The number of aliphatic hydroxyl groups is 1. The summed E-state index contributed by atoms with van der Waals surface area (Å²) in [5.74, 6) is 6.42. The predicted molar refractivity (Wildman–Crippen MR) is 79.3 cm³/mol. The van der Waals surface area contributed by atoms with Gasteiger partial charge < -0.3 is 10.0 Å². The molecule has 0 bridgehead atoms. The Balaban J connectivity index is 2.72. The molecule has 0 fully saturated rings. The second-order valence-corrected chi connectivity index (χ2v) is 5.76. The number of amides is 1. The Labute approximate surface area is 119 Å². The summed E-state index contributed by atoms with van der Waals surface area (Å²) in [6, 6.07) is 1.86. The molecule has 0 saturated heterocycles. The van der Waals surface area contributed by atoms with Crippen molar-refractivity contribution in [3.63, 3.8) is 0 Å². The van der Waals surface area contributed by atoms with Gasteiger partial charge in [-0.05, 0) is 23.8 Å². The average Bonchev–Trinajstić information content (AvgIpc) is 2.83. The summed E-state index contributed by atoms with van der Waals surface area (Å²) in [6.07, 6.45) is 1.44. The van der Waals surface area contributed by atoms with E-state index in [0.717, 1.165) is 18.5 Å². The molecule has 0 radical (unpaired) electrons. The highest BCUT2D eigenvalue weighted by Crippen LogP contribution is 2.18. The molecule has 0 aliphatic carbocycles. The molecule has 0 saturated carbocycles. The first-order valence-corrected chi connectivity index (χ1v) is 7.37. The number of carbonyl (C=O) groups is 1. The molecule has 0 unspecified atom stereocenters. The Morgan fingerprint density at radius 3 is 2.89 bits per heavy atom. The number of thiophene rings is 1. The van der Waals surface area contributed by atoms with Crippen LogP contribution >= 0.6 is 11.3 Å². The molecule has 0 spiro atoms. The molecule has 1 amide bonds. The van der Waals surface area contributed by atoms with Crippen LogP contribution in [0.2, 0.25) is 0 Å². The molecule has 1 aromatic rings. The fourth-order valence-electron chi connectivity index (χ4n) is 1.51. The lowest BCUT2D eigenvalue weighted by atomic mass is 10.1. The molecule has 3 nitrogen and oxygen atoms in total. The lowest BCUT2D eigenvalue weighted by Crippen LogP contribution is -2.28. The Morgan fingerprint density at radius 1 is 1.53 bits per heavy atom. The van der Waals surface area contributed by atoms with Crippen LogP contribution in [0, 0.1) is 17.8 Å². The largest absolute Gasteiger partial charge is 0.395 e. The molecule has 0 atom stereocenters. The maximum atomic E-state index is 12.3. The van der Waals surface area contributed by atoms with Crippen molar-refractivity contribution < 1.29 is 9.90 Å². The zero-order valence-corrected chi connectivity index (χ0v) is 12.6. The van der Waals surface area contributed by atoms with E-state index in [1.54, 1.807) is 4.90 Å². The van der Waals surface area contributed by atoms with Gasteiger partial charge >= 0.3 is 0 Å². The van der Waals surface area contributed by atoms with E-state index in [1.807, 2.05) is 18.5 Å². The summed E-state index contributed by atoms with van der Waals surface area (Å²) in [5.41, 5.74) is 0.764. The monoisotopic (exact) mass is 279 g/mol. The molecule has 19 heavy (non-hydrogen) atoms. The molecule has 0 aliphatic heterocycles. The van der Waals surface area contributed by atoms with Gasteiger partial charge in [0.25, 0.3) is 5.91 Å². The third-order valence-electron chi connectivity index (χ3n) is 2.71. The molecule has 1 heterocycles. The van der Waals surface area contributed by atoms with E-state index >= 15 is 0 Å². The van der Waals surface area contributed by atoms with Crippen molar-refractivity contribution in [2.24, 2.45) is 5.92 Å². The number of hydrogen-bond acceptors (Lipinski definition) is 3. The van der Waals surface area contributed by atoms with Crippen LogP contribution in [0.4, 0.5) is 0 Å². The highest BCUT2D eigenvalue weighted by molar-refractivity contribution is 7.12. The van der Waals surface area contributed by atoms with Crippen LogP contribution in [0.5, 0.6) is 0 Å². The topological polar surface area (TPSA) is 40.5 Å².